The van der Waals surface area contributed by atoms with Gasteiger partial charge in [-0.15, -0.1) is 23.2 Å². The maximum atomic E-state index is 13.6. The number of Topliss-reactive ketones (excluding diaryl/α,β-unsaturated/α-hetero) is 2. The number of anilines is 11. The molecule has 4 aliphatic rings. The fraction of sp³-hybridized carbons (Fsp3) is 0.348. The summed E-state index contributed by atoms with van der Waals surface area (Å²) in [5, 5.41) is 49.0. The predicted octanol–water partition coefficient (Wildman–Crippen LogP) is 16.4. The molecule has 6 N–H and O–H groups in total. The van der Waals surface area contributed by atoms with Crippen LogP contribution >= 0.6 is 46.4 Å². The van der Waals surface area contributed by atoms with E-state index in [1.54, 1.807) is 180 Å². The van der Waals surface area contributed by atoms with Gasteiger partial charge in [0.05, 0.1) is 131 Å². The van der Waals surface area contributed by atoms with E-state index in [2.05, 4.69) is 120 Å². The van der Waals surface area contributed by atoms with Crippen LogP contribution in [0, 0.1) is 45.3 Å². The molecule has 666 valence electrons. The molecule has 15 rings (SSSR count). The highest BCUT2D eigenvalue weighted by Gasteiger charge is 2.30. The minimum Gasteiger partial charge on any atom is -0.384 e. The zero-order valence-electron chi connectivity index (χ0n) is 70.3. The van der Waals surface area contributed by atoms with Crippen LogP contribution in [0.15, 0.2) is 153 Å². The molecule has 4 saturated heterocycles. The van der Waals surface area contributed by atoms with Crippen LogP contribution in [0.5, 0.6) is 0 Å². The Balaban J connectivity index is 0.000000207. The number of carbonyl (C=O) groups is 3. The van der Waals surface area contributed by atoms with Gasteiger partial charge >= 0.3 is 0 Å². The van der Waals surface area contributed by atoms with Crippen molar-refractivity contribution >= 4 is 127 Å². The largest absolute Gasteiger partial charge is 0.384 e. The molecular weight excluding hydrogens is 1730 g/mol. The summed E-state index contributed by atoms with van der Waals surface area (Å²) in [6.45, 7) is 14.6. The van der Waals surface area contributed by atoms with Crippen LogP contribution in [0.2, 0.25) is 5.28 Å². The second-order valence-electron chi connectivity index (χ2n) is 29.0. The molecule has 11 aromatic heterocycles. The third-order valence-corrected chi connectivity index (χ3v) is 20.2. The number of nitrogens with two attached hydrogens (primary N) is 1. The second-order valence-corrected chi connectivity index (χ2v) is 31.0. The molecule has 3 unspecified atom stereocenters. The van der Waals surface area contributed by atoms with Crippen molar-refractivity contribution in [3.8, 4) is 69.3 Å². The Labute approximate surface area is 761 Å². The van der Waals surface area contributed by atoms with Gasteiger partial charge in [0.25, 0.3) is 0 Å². The van der Waals surface area contributed by atoms with E-state index in [1.807, 2.05) is 26.8 Å². The fourth-order valence-electron chi connectivity index (χ4n) is 12.9. The molecule has 11 aromatic rings. The third kappa shape index (κ3) is 28.8. The Morgan fingerprint density at radius 3 is 1.02 bits per heavy atom. The van der Waals surface area contributed by atoms with Crippen molar-refractivity contribution in [3.63, 3.8) is 0 Å². The first kappa shape index (κ1) is 98.4. The van der Waals surface area contributed by atoms with Crippen molar-refractivity contribution in [2.45, 2.75) is 149 Å². The van der Waals surface area contributed by atoms with E-state index in [9.17, 15) is 53.0 Å². The van der Waals surface area contributed by atoms with E-state index in [4.69, 9.17) is 53.5 Å². The number of rotatable bonds is 23. The highest BCUT2D eigenvalue weighted by atomic mass is 35.5. The first-order valence-corrected chi connectivity index (χ1v) is 41.4. The SMILES string of the molecule is C.C.CC(C)NC(C)C(=O)Cc1ccc(Nc2nccc(-c3cnc(N4CC[C@H](F)C4)c(C#N)c3)n2)cn1.CC(Cl)C(=O)Cc1ccc(Nc2nccc(-c3cnc(N4CC[C@H](F)C4)c(C#N)c3)n2)cn1.CC(Cl)C(=O)Cl.N#Cc1cc(-c2ccnc(Cl)n2)cnc1N1CC[C@H](F)C1.N#Cc1cc(-c2ccnc(Nc3ccc(N)nc3)n2)cnc1N1CC[C@H](F)C1.[2H]CC. The standard InChI is InChI=1S/C26H29FN8O.C23H21ClFN7O.C19H17FN8.C14H11ClFN5.C3H4Cl2O.C2H6.2CH4/c1-16(2)32-17(3)24(36)11-21-4-5-22(14-30-21)33-26-29-8-6-23(34-26)19-10-18(12-28)25(31-13-19)35-9-7-20(27)15-35;1-14(24)21(33)9-18-2-3-19(12-28-18)30-23-27-6-4-20(31-23)16-8-15(10-26)22(29-11-16)32-7-5-17(25)13-32;20-14-4-6-28(11-14)18-12(8-21)7-13(9-25-18)16-3-5-23-19(27-16)26-15-1-2-17(22)24-10-15;15-14-18-3-1-12(20-14)10-5-9(6-17)13(19-7-10)21-4-2-11(16)8-21;1-2(4)3(5)6;1-2;;/h4-6,8,10,13-14,16-17,20,32H,7,9,11,15H2,1-3H3,(H,29,33,34);2-4,6,8,11-12,14,17H,5,7,9,13H2,1H3,(H,27,30,31);1-3,5,7,9-10,14H,4,6,11H2,(H2,22,24)(H,23,26,27);1,3,5,7,11H,2,4,8H2;2H,1H3;1-2H3;2*1H4/t17?,20-;14?,17-;14-;11-;;;;/m0000..../s1/i;;;;;1D;;. The maximum Gasteiger partial charge on any atom is 0.239 e. The molecule has 0 saturated carbocycles. The lowest BCUT2D eigenvalue weighted by Gasteiger charge is -2.18. The monoisotopic (exact) mass is 1820 g/mol. The summed E-state index contributed by atoms with van der Waals surface area (Å²) in [7, 11) is 0. The Morgan fingerprint density at radius 1 is 0.461 bits per heavy atom. The first-order chi connectivity index (χ1) is 61.1. The lowest BCUT2D eigenvalue weighted by atomic mass is 10.1. The number of alkyl halides is 6. The molecule has 4 aliphatic heterocycles. The number of nitrogen functional groups attached to an aromatic ring is 1. The topological polar surface area (TPSA) is 427 Å². The van der Waals surface area contributed by atoms with Crippen LogP contribution in [0.25, 0.3) is 45.0 Å². The molecule has 0 aliphatic carbocycles. The number of nitrogens with one attached hydrogen (secondary N) is 4. The van der Waals surface area contributed by atoms with Gasteiger partial charge in [-0.3, -0.25) is 24.4 Å². The van der Waals surface area contributed by atoms with Gasteiger partial charge in [-0.25, -0.2) is 82.4 Å². The van der Waals surface area contributed by atoms with Crippen LogP contribution in [0.1, 0.15) is 124 Å². The van der Waals surface area contributed by atoms with Crippen molar-refractivity contribution in [3.05, 3.63) is 192 Å². The number of nitrogens with zero attached hydrogens (tertiary/aromatic N) is 23. The van der Waals surface area contributed by atoms with Crippen molar-refractivity contribution in [1.29, 1.82) is 21.0 Å². The van der Waals surface area contributed by atoms with Gasteiger partial charge in [0.1, 0.15) is 83.4 Å². The highest BCUT2D eigenvalue weighted by molar-refractivity contribution is 6.69. The van der Waals surface area contributed by atoms with Crippen LogP contribution < -0.4 is 46.6 Å². The Morgan fingerprint density at radius 2 is 0.766 bits per heavy atom. The van der Waals surface area contributed by atoms with Gasteiger partial charge in [0.15, 0.2) is 11.6 Å². The van der Waals surface area contributed by atoms with Crippen molar-refractivity contribution in [2.75, 3.05) is 93.6 Å². The van der Waals surface area contributed by atoms with Crippen LogP contribution in [-0.2, 0) is 27.2 Å². The molecule has 0 spiro atoms. The quantitative estimate of drug-likeness (QED) is 0.0172. The van der Waals surface area contributed by atoms with Crippen LogP contribution in [-0.4, -0.2) is 191 Å². The summed E-state index contributed by atoms with van der Waals surface area (Å²) in [4.78, 5) is 105. The van der Waals surface area contributed by atoms with E-state index >= 15 is 0 Å². The van der Waals surface area contributed by atoms with E-state index in [-0.39, 0.29) is 82.8 Å². The molecule has 39 heteroatoms. The summed E-state index contributed by atoms with van der Waals surface area (Å²) < 4.78 is 60.2. The Hall–Kier alpha value is -13.4. The van der Waals surface area contributed by atoms with Crippen molar-refractivity contribution in [1.82, 2.24) is 80.1 Å². The Kier molecular flexibility index (Phi) is 37.6. The van der Waals surface area contributed by atoms with Crippen LogP contribution in [0.3, 0.4) is 0 Å². The number of hydrogen-bond donors (Lipinski definition) is 5. The number of hydrogen-bond acceptors (Lipinski definition) is 31. The van der Waals surface area contributed by atoms with E-state index in [0.29, 0.717) is 201 Å². The Bertz CT molecular complexity index is 5760. The molecule has 4 fully saturated rings. The van der Waals surface area contributed by atoms with Gasteiger partial charge < -0.3 is 46.6 Å². The van der Waals surface area contributed by atoms with E-state index in [1.165, 1.54) is 6.92 Å². The summed E-state index contributed by atoms with van der Waals surface area (Å²) in [6, 6.07) is 32.9. The average molecular weight is 1820 g/mol. The molecule has 0 radical (unpaired) electrons. The molecule has 0 bridgehead atoms. The zero-order chi connectivity index (χ0) is 91.2. The van der Waals surface area contributed by atoms with Gasteiger partial charge in [0, 0.05) is 117 Å². The smallest absolute Gasteiger partial charge is 0.239 e. The summed E-state index contributed by atoms with van der Waals surface area (Å²) in [5.74, 6) is 3.50. The fourth-order valence-corrected chi connectivity index (χ4v) is 13.1. The average Bonchev–Trinajstić information content (AvgIpc) is 1.81. The number of pyridine rings is 7. The van der Waals surface area contributed by atoms with Crippen molar-refractivity contribution in [2.24, 2.45) is 0 Å². The van der Waals surface area contributed by atoms with Crippen molar-refractivity contribution < 1.29 is 33.3 Å². The molecule has 0 aromatic carbocycles. The maximum absolute atomic E-state index is 13.6. The number of ketones is 2. The van der Waals surface area contributed by atoms with Gasteiger partial charge in [-0.05, 0) is 155 Å². The van der Waals surface area contributed by atoms with Gasteiger partial charge in [0.2, 0.25) is 28.4 Å². The molecular formula is C89H96Cl4F4N28O3. The molecule has 7 atom stereocenters. The van der Waals surface area contributed by atoms with Gasteiger partial charge in [-0.1, -0.05) is 42.5 Å². The predicted molar refractivity (Wildman–Crippen MR) is 490 cm³/mol. The van der Waals surface area contributed by atoms with Crippen LogP contribution in [0.4, 0.5) is 81.6 Å². The lowest BCUT2D eigenvalue weighted by Crippen LogP contribution is -2.39. The molecule has 128 heavy (non-hydrogen) atoms. The zero-order valence-corrected chi connectivity index (χ0v) is 72.3. The highest BCUT2D eigenvalue weighted by Crippen LogP contribution is 2.34. The first-order valence-electron chi connectivity index (χ1n) is 40.5. The number of halogens is 8. The molecule has 31 nitrogen and oxygen atoms in total. The van der Waals surface area contributed by atoms with Gasteiger partial charge in [-0.2, -0.15) is 21.0 Å². The second kappa shape index (κ2) is 48.9. The lowest BCUT2D eigenvalue weighted by molar-refractivity contribution is -0.120. The summed E-state index contributed by atoms with van der Waals surface area (Å²) >= 11 is 21.5. The summed E-state index contributed by atoms with van der Waals surface area (Å²) in [5.41, 5.74) is 15.5. The minimum absolute atomic E-state index is 0. The number of carbonyl (C=O) groups excluding carboxylic acids is 3. The molecule has 0 amide bonds. The normalized spacial score (nSPS) is 15.9. The van der Waals surface area contributed by atoms with E-state index in [0.717, 1.165) is 0 Å². The number of aromatic nitrogens is 15. The summed E-state index contributed by atoms with van der Waals surface area (Å²) in [6.07, 6.45) is 16.4. The third-order valence-electron chi connectivity index (χ3n) is 19.2. The number of nitriles is 4. The minimum atomic E-state index is -0.901. The molecule has 15 heterocycles. The van der Waals surface area contributed by atoms with E-state index < -0.39 is 40.7 Å².